The molecule has 1 atom stereocenters. The van der Waals surface area contributed by atoms with E-state index in [1.807, 2.05) is 12.1 Å². The van der Waals surface area contributed by atoms with Gasteiger partial charge in [0, 0.05) is 13.0 Å². The van der Waals surface area contributed by atoms with Gasteiger partial charge in [-0.05, 0) is 24.3 Å². The molecular formula is C18H18N2O5S. The number of methoxy groups -OCH3 is 2. The summed E-state index contributed by atoms with van der Waals surface area (Å²) in [4.78, 5) is 38.3. The van der Waals surface area contributed by atoms with E-state index in [0.29, 0.717) is 21.3 Å². The van der Waals surface area contributed by atoms with Gasteiger partial charge < -0.3 is 19.7 Å². The van der Waals surface area contributed by atoms with Crippen LogP contribution in [0.1, 0.15) is 16.1 Å². The molecule has 1 N–H and O–H groups in total. The van der Waals surface area contributed by atoms with Crippen molar-refractivity contribution in [3.8, 4) is 5.75 Å². The van der Waals surface area contributed by atoms with Gasteiger partial charge >= 0.3 is 5.97 Å². The number of anilines is 2. The van der Waals surface area contributed by atoms with Crippen LogP contribution in [0.4, 0.5) is 10.7 Å². The van der Waals surface area contributed by atoms with Gasteiger partial charge in [-0.25, -0.2) is 4.79 Å². The lowest BCUT2D eigenvalue weighted by Gasteiger charge is -2.19. The summed E-state index contributed by atoms with van der Waals surface area (Å²) in [7, 11) is 2.84. The van der Waals surface area contributed by atoms with Crippen LogP contribution in [0.2, 0.25) is 0 Å². The molecule has 1 unspecified atom stereocenters. The number of para-hydroxylation sites is 2. The van der Waals surface area contributed by atoms with Crippen LogP contribution >= 0.6 is 11.3 Å². The number of carbonyl (C=O) groups excluding carboxylic acids is 3. The van der Waals surface area contributed by atoms with Crippen molar-refractivity contribution in [2.45, 2.75) is 6.42 Å². The first-order valence-corrected chi connectivity index (χ1v) is 8.77. The van der Waals surface area contributed by atoms with Crippen molar-refractivity contribution >= 4 is 39.8 Å². The monoisotopic (exact) mass is 374 g/mol. The molecule has 1 aliphatic rings. The van der Waals surface area contributed by atoms with E-state index in [9.17, 15) is 14.4 Å². The Balaban J connectivity index is 1.69. The average Bonchev–Trinajstić information content (AvgIpc) is 3.27. The van der Waals surface area contributed by atoms with Gasteiger partial charge in [-0.1, -0.05) is 12.1 Å². The van der Waals surface area contributed by atoms with Crippen molar-refractivity contribution in [3.05, 3.63) is 41.3 Å². The highest BCUT2D eigenvalue weighted by atomic mass is 32.1. The number of hydrogen-bond donors (Lipinski definition) is 1. The predicted molar refractivity (Wildman–Crippen MR) is 97.7 cm³/mol. The summed E-state index contributed by atoms with van der Waals surface area (Å²) in [5, 5.41) is 3.31. The molecule has 136 valence electrons. The predicted octanol–water partition coefficient (Wildman–Crippen LogP) is 2.53. The van der Waals surface area contributed by atoms with Crippen LogP contribution in [0.3, 0.4) is 0 Å². The van der Waals surface area contributed by atoms with E-state index in [-0.39, 0.29) is 24.8 Å². The van der Waals surface area contributed by atoms with Gasteiger partial charge in [0.1, 0.15) is 10.6 Å². The van der Waals surface area contributed by atoms with E-state index in [2.05, 4.69) is 10.1 Å². The van der Waals surface area contributed by atoms with Crippen molar-refractivity contribution in [3.63, 3.8) is 0 Å². The molecule has 2 aromatic rings. The van der Waals surface area contributed by atoms with Crippen molar-refractivity contribution < 1.29 is 23.9 Å². The number of hydrogen-bond acceptors (Lipinski definition) is 6. The van der Waals surface area contributed by atoms with E-state index in [1.165, 1.54) is 7.11 Å². The second-order valence-corrected chi connectivity index (χ2v) is 6.81. The molecule has 2 heterocycles. The smallest absolute Gasteiger partial charge is 0.348 e. The molecule has 0 saturated carbocycles. The standard InChI is InChI=1S/C18H18N2O5S/c1-24-13-6-4-3-5-12(13)20-10-11(9-16(20)21)17(22)19-15-8-7-14(26-15)18(23)25-2/h3-8,11H,9-10H2,1-2H3,(H,19,22). The number of nitrogens with one attached hydrogen (secondary N) is 1. The summed E-state index contributed by atoms with van der Waals surface area (Å²) in [5.74, 6) is -0.724. The van der Waals surface area contributed by atoms with Crippen LogP contribution in [0.5, 0.6) is 5.75 Å². The second kappa shape index (κ2) is 7.57. The van der Waals surface area contributed by atoms with Crippen molar-refractivity contribution in [1.82, 2.24) is 0 Å². The number of nitrogens with zero attached hydrogens (tertiary/aromatic N) is 1. The molecule has 0 bridgehead atoms. The van der Waals surface area contributed by atoms with E-state index in [0.717, 1.165) is 11.3 Å². The SMILES string of the molecule is COC(=O)c1ccc(NC(=O)C2CC(=O)N(c3ccccc3OC)C2)s1. The Morgan fingerprint density at radius 1 is 1.19 bits per heavy atom. The fraction of sp³-hybridized carbons (Fsp3) is 0.278. The molecule has 1 saturated heterocycles. The maximum Gasteiger partial charge on any atom is 0.348 e. The minimum atomic E-state index is -0.476. The molecule has 0 aliphatic carbocycles. The van der Waals surface area contributed by atoms with Crippen molar-refractivity contribution in [2.24, 2.45) is 5.92 Å². The van der Waals surface area contributed by atoms with Crippen LogP contribution in [-0.4, -0.2) is 38.5 Å². The summed E-state index contributed by atoms with van der Waals surface area (Å²) in [5.41, 5.74) is 0.652. The number of benzene rings is 1. The molecule has 2 amide bonds. The van der Waals surface area contributed by atoms with Gasteiger partial charge in [0.05, 0.1) is 30.8 Å². The first-order chi connectivity index (χ1) is 12.5. The Morgan fingerprint density at radius 3 is 2.69 bits per heavy atom. The van der Waals surface area contributed by atoms with Crippen LogP contribution < -0.4 is 15.0 Å². The highest BCUT2D eigenvalue weighted by Crippen LogP contribution is 2.33. The number of esters is 1. The Morgan fingerprint density at radius 2 is 1.96 bits per heavy atom. The van der Waals surface area contributed by atoms with E-state index in [4.69, 9.17) is 4.74 Å². The minimum Gasteiger partial charge on any atom is -0.495 e. The molecule has 1 aromatic carbocycles. The van der Waals surface area contributed by atoms with E-state index < -0.39 is 11.9 Å². The van der Waals surface area contributed by atoms with Gasteiger partial charge in [-0.15, -0.1) is 11.3 Å². The van der Waals surface area contributed by atoms with Gasteiger partial charge in [-0.2, -0.15) is 0 Å². The molecule has 1 aliphatic heterocycles. The molecular weight excluding hydrogens is 356 g/mol. The molecule has 8 heteroatoms. The third-order valence-corrected chi connectivity index (χ3v) is 5.09. The maximum absolute atomic E-state index is 12.5. The molecule has 0 spiro atoms. The zero-order chi connectivity index (χ0) is 18.7. The van der Waals surface area contributed by atoms with Crippen LogP contribution in [0.25, 0.3) is 0 Å². The second-order valence-electron chi connectivity index (χ2n) is 5.72. The van der Waals surface area contributed by atoms with Gasteiger partial charge in [0.15, 0.2) is 0 Å². The fourth-order valence-corrected chi connectivity index (χ4v) is 3.64. The van der Waals surface area contributed by atoms with Crippen LogP contribution in [0, 0.1) is 5.92 Å². The Bertz CT molecular complexity index is 848. The zero-order valence-corrected chi connectivity index (χ0v) is 15.2. The van der Waals surface area contributed by atoms with Crippen molar-refractivity contribution in [2.75, 3.05) is 31.0 Å². The highest BCUT2D eigenvalue weighted by Gasteiger charge is 2.36. The highest BCUT2D eigenvalue weighted by molar-refractivity contribution is 7.18. The lowest BCUT2D eigenvalue weighted by molar-refractivity contribution is -0.122. The zero-order valence-electron chi connectivity index (χ0n) is 14.4. The topological polar surface area (TPSA) is 84.9 Å². The third kappa shape index (κ3) is 3.55. The first kappa shape index (κ1) is 17.9. The molecule has 3 rings (SSSR count). The van der Waals surface area contributed by atoms with Gasteiger partial charge in [0.25, 0.3) is 0 Å². The van der Waals surface area contributed by atoms with Gasteiger partial charge in [-0.3, -0.25) is 9.59 Å². The summed E-state index contributed by atoms with van der Waals surface area (Å²) in [6.07, 6.45) is 0.124. The number of rotatable bonds is 5. The Labute approximate surface area is 154 Å². The molecule has 1 fully saturated rings. The molecule has 0 radical (unpaired) electrons. The number of amides is 2. The number of ether oxygens (including phenoxy) is 2. The summed E-state index contributed by atoms with van der Waals surface area (Å²) in [6, 6.07) is 10.4. The first-order valence-electron chi connectivity index (χ1n) is 7.96. The Hall–Kier alpha value is -2.87. The normalized spacial score (nSPS) is 16.5. The van der Waals surface area contributed by atoms with Crippen molar-refractivity contribution in [1.29, 1.82) is 0 Å². The minimum absolute atomic E-state index is 0.124. The largest absolute Gasteiger partial charge is 0.495 e. The lowest BCUT2D eigenvalue weighted by Crippen LogP contribution is -2.28. The lowest BCUT2D eigenvalue weighted by atomic mass is 10.1. The van der Waals surface area contributed by atoms with E-state index in [1.54, 1.807) is 36.3 Å². The van der Waals surface area contributed by atoms with Crippen LogP contribution in [-0.2, 0) is 14.3 Å². The fourth-order valence-electron chi connectivity index (χ4n) is 2.81. The molecule has 26 heavy (non-hydrogen) atoms. The third-order valence-electron chi connectivity index (χ3n) is 4.11. The maximum atomic E-state index is 12.5. The van der Waals surface area contributed by atoms with E-state index >= 15 is 0 Å². The number of thiophene rings is 1. The molecule has 1 aromatic heterocycles. The number of carbonyl (C=O) groups is 3. The van der Waals surface area contributed by atoms with Crippen LogP contribution in [0.15, 0.2) is 36.4 Å². The average molecular weight is 374 g/mol. The summed E-state index contributed by atoms with van der Waals surface area (Å²) < 4.78 is 9.95. The summed E-state index contributed by atoms with van der Waals surface area (Å²) >= 11 is 1.13. The quantitative estimate of drug-likeness (QED) is 0.813. The molecule has 7 nitrogen and oxygen atoms in total. The van der Waals surface area contributed by atoms with Gasteiger partial charge in [0.2, 0.25) is 11.8 Å². The summed E-state index contributed by atoms with van der Waals surface area (Å²) in [6.45, 7) is 0.278. The Kier molecular flexibility index (Phi) is 5.22.